The van der Waals surface area contributed by atoms with E-state index in [2.05, 4.69) is 39.0 Å². The quantitative estimate of drug-likeness (QED) is 0.282. The van der Waals surface area contributed by atoms with Gasteiger partial charge in [-0.3, -0.25) is 0 Å². The predicted molar refractivity (Wildman–Crippen MR) is 130 cm³/mol. The second-order valence-electron chi connectivity index (χ2n) is 11.4. The van der Waals surface area contributed by atoms with Gasteiger partial charge in [0.25, 0.3) is 0 Å². The number of nitrogens with one attached hydrogen (secondary N) is 1. The van der Waals surface area contributed by atoms with E-state index >= 15 is 0 Å². The summed E-state index contributed by atoms with van der Waals surface area (Å²) in [4.78, 5) is 0. The summed E-state index contributed by atoms with van der Waals surface area (Å²) in [5.74, 6) is 2.51. The van der Waals surface area contributed by atoms with Crippen molar-refractivity contribution in [1.29, 1.82) is 5.41 Å². The minimum absolute atomic E-state index is 0.427. The van der Waals surface area contributed by atoms with Crippen molar-refractivity contribution in [3.05, 3.63) is 18.0 Å². The molecule has 3 heterocycles. The van der Waals surface area contributed by atoms with Crippen LogP contribution in [-0.2, 0) is 6.54 Å². The van der Waals surface area contributed by atoms with Crippen molar-refractivity contribution >= 4 is 25.5 Å². The van der Waals surface area contributed by atoms with Gasteiger partial charge in [0, 0.05) is 0 Å². The van der Waals surface area contributed by atoms with Gasteiger partial charge in [-0.1, -0.05) is 0 Å². The van der Waals surface area contributed by atoms with Crippen LogP contribution in [0.5, 0.6) is 0 Å². The first-order valence-electron chi connectivity index (χ1n) is 12.0. The maximum absolute atomic E-state index is 8.97. The molecule has 1 N–H and O–H groups in total. The van der Waals surface area contributed by atoms with Crippen LogP contribution in [0.25, 0.3) is 0 Å². The summed E-state index contributed by atoms with van der Waals surface area (Å²) in [7, 11) is 0. The van der Waals surface area contributed by atoms with Gasteiger partial charge in [0.15, 0.2) is 0 Å². The normalized spacial score (nSPS) is 45.4. The molecule has 0 amide bonds. The van der Waals surface area contributed by atoms with Crippen LogP contribution in [0, 0.1) is 40.9 Å². The molecule has 4 aliphatic rings. The van der Waals surface area contributed by atoms with Gasteiger partial charge in [0.1, 0.15) is 0 Å². The number of hydrogen-bond acceptors (Lipinski definition) is 2. The van der Waals surface area contributed by atoms with E-state index in [0.717, 1.165) is 25.4 Å². The summed E-state index contributed by atoms with van der Waals surface area (Å²) in [5.41, 5.74) is 3.25. The molecular weight excluding hydrogens is 469 g/mol. The van der Waals surface area contributed by atoms with E-state index in [-0.39, 0.29) is 0 Å². The molecule has 5 rings (SSSR count). The van der Waals surface area contributed by atoms with Crippen molar-refractivity contribution in [3.8, 4) is 0 Å². The molecule has 7 atom stereocenters. The molecule has 7 unspecified atom stereocenters. The second-order valence-corrected chi connectivity index (χ2v) is 18.1. The molecule has 1 aromatic heterocycles. The Morgan fingerprint density at radius 3 is 2.79 bits per heavy atom. The molecule has 2 aliphatic carbocycles. The fourth-order valence-corrected chi connectivity index (χ4v) is 19.6. The van der Waals surface area contributed by atoms with Crippen molar-refractivity contribution in [1.82, 2.24) is 9.78 Å². The molecule has 0 bridgehead atoms. The molecule has 2 saturated carbocycles. The molecule has 4 heteroatoms. The van der Waals surface area contributed by atoms with Gasteiger partial charge in [-0.2, -0.15) is 0 Å². The number of alkyl halides is 3. The van der Waals surface area contributed by atoms with Gasteiger partial charge in [0.2, 0.25) is 0 Å². The minimum atomic E-state index is -0.964. The van der Waals surface area contributed by atoms with E-state index in [1.807, 2.05) is 10.9 Å². The predicted octanol–water partition coefficient (Wildman–Crippen LogP) is 6.51. The molecule has 0 radical (unpaired) electrons. The van der Waals surface area contributed by atoms with Crippen LogP contribution in [0.1, 0.15) is 77.7 Å². The van der Waals surface area contributed by atoms with Gasteiger partial charge < -0.3 is 0 Å². The summed E-state index contributed by atoms with van der Waals surface area (Å²) < 4.78 is 5.76. The van der Waals surface area contributed by atoms with E-state index in [1.54, 1.807) is 4.43 Å². The molecule has 162 valence electrons. The standard InChI is InChI=1S/C25H40IN3/c1-17-5-6-19-21-9-10-25(4)20(22(27)16-29-15-18(2)14-28-29)7-8-23(25)26(21)12-11-24(19,3)13-17/h14-15,17,19-21,23,27H,5-13,16H2,1-4H3. The molecule has 3 nitrogen and oxygen atoms in total. The van der Waals surface area contributed by atoms with Crippen molar-refractivity contribution in [3.63, 3.8) is 0 Å². The summed E-state index contributed by atoms with van der Waals surface area (Å²) in [6.45, 7) is 10.6. The van der Waals surface area contributed by atoms with Gasteiger partial charge >= 0.3 is 185 Å². The van der Waals surface area contributed by atoms with Crippen molar-refractivity contribution in [2.24, 2.45) is 28.6 Å². The topological polar surface area (TPSA) is 41.7 Å². The van der Waals surface area contributed by atoms with Gasteiger partial charge in [-0.15, -0.1) is 0 Å². The fraction of sp³-hybridized carbons (Fsp3) is 0.840. The number of nitrogens with zero attached hydrogens (tertiary/aromatic N) is 2. The molecule has 0 aromatic carbocycles. The first-order valence-corrected chi connectivity index (χ1v) is 16.0. The number of rotatable bonds is 3. The monoisotopic (exact) mass is 509 g/mol. The van der Waals surface area contributed by atoms with E-state index < -0.39 is 19.8 Å². The van der Waals surface area contributed by atoms with Crippen LogP contribution in [0.2, 0.25) is 0 Å². The summed E-state index contributed by atoms with van der Waals surface area (Å²) >= 11 is -0.964. The number of hydrogen-bond donors (Lipinski definition) is 1. The summed E-state index contributed by atoms with van der Waals surface area (Å²) in [6, 6.07) is 0. The molecule has 1 aromatic rings. The van der Waals surface area contributed by atoms with Crippen LogP contribution in [-0.4, -0.2) is 27.8 Å². The Balaban J connectivity index is 1.34. The SMILES string of the molecule is Cc1cnn(CC(=N)C2CCC3I4CCC5(C)CC(C)CCC5C4CCC23C)c1. The van der Waals surface area contributed by atoms with Gasteiger partial charge in [-0.25, -0.2) is 0 Å². The van der Waals surface area contributed by atoms with Crippen molar-refractivity contribution in [2.45, 2.75) is 93.5 Å². The Bertz CT molecular complexity index is 787. The zero-order valence-electron chi connectivity index (χ0n) is 18.9. The molecule has 2 aliphatic heterocycles. The third kappa shape index (κ3) is 3.34. The number of fused-ring (bicyclic) bond motifs is 5. The van der Waals surface area contributed by atoms with E-state index in [4.69, 9.17) is 5.41 Å². The van der Waals surface area contributed by atoms with Crippen LogP contribution >= 0.6 is 19.8 Å². The maximum atomic E-state index is 8.97. The third-order valence-electron chi connectivity index (χ3n) is 9.39. The Morgan fingerprint density at radius 1 is 1.21 bits per heavy atom. The van der Waals surface area contributed by atoms with Crippen LogP contribution in [0.3, 0.4) is 0 Å². The Hall–Kier alpha value is -0.390. The molecule has 29 heavy (non-hydrogen) atoms. The summed E-state index contributed by atoms with van der Waals surface area (Å²) in [6.07, 6.45) is 15.7. The number of aryl methyl sites for hydroxylation is 1. The zero-order chi connectivity index (χ0) is 20.4. The van der Waals surface area contributed by atoms with Crippen molar-refractivity contribution < 1.29 is 0 Å². The zero-order valence-corrected chi connectivity index (χ0v) is 21.0. The van der Waals surface area contributed by atoms with Crippen molar-refractivity contribution in [2.75, 3.05) is 4.43 Å². The fourth-order valence-electron chi connectivity index (χ4n) is 7.94. The van der Waals surface area contributed by atoms with Gasteiger partial charge in [-0.05, 0) is 0 Å². The van der Waals surface area contributed by atoms with E-state index in [1.165, 1.54) is 56.9 Å². The van der Waals surface area contributed by atoms with Crippen LogP contribution < -0.4 is 0 Å². The van der Waals surface area contributed by atoms with Gasteiger partial charge in [0.05, 0.1) is 0 Å². The first kappa shape index (κ1) is 20.5. The summed E-state index contributed by atoms with van der Waals surface area (Å²) in [5, 5.41) is 13.4. The molecule has 0 spiro atoms. The average Bonchev–Trinajstić information content (AvgIpc) is 3.23. The average molecular weight is 510 g/mol. The first-order chi connectivity index (χ1) is 13.8. The van der Waals surface area contributed by atoms with Crippen LogP contribution in [0.15, 0.2) is 12.4 Å². The number of aromatic nitrogens is 2. The van der Waals surface area contributed by atoms with E-state index in [9.17, 15) is 0 Å². The third-order valence-corrected chi connectivity index (χ3v) is 18.7. The Kier molecular flexibility index (Phi) is 5.19. The van der Waals surface area contributed by atoms with E-state index in [0.29, 0.717) is 23.3 Å². The molecule has 2 saturated heterocycles. The Labute approximate surface area is 184 Å². The van der Waals surface area contributed by atoms with Crippen LogP contribution in [0.4, 0.5) is 0 Å². The second kappa shape index (κ2) is 7.34. The molecular formula is C25H40IN3. The Morgan fingerprint density at radius 2 is 2.03 bits per heavy atom. The number of halogens is 1. The molecule has 4 fully saturated rings.